The van der Waals surface area contributed by atoms with Gasteiger partial charge in [-0.15, -0.1) is 0 Å². The van der Waals surface area contributed by atoms with Crippen LogP contribution in [0.15, 0.2) is 54.4 Å². The van der Waals surface area contributed by atoms with Crippen LogP contribution in [0.4, 0.5) is 5.82 Å². The third kappa shape index (κ3) is 4.41. The van der Waals surface area contributed by atoms with Crippen LogP contribution in [0, 0.1) is 0 Å². The summed E-state index contributed by atoms with van der Waals surface area (Å²) in [5.41, 5.74) is 3.40. The van der Waals surface area contributed by atoms with Gasteiger partial charge in [0.05, 0.1) is 25.1 Å². The minimum absolute atomic E-state index is 0.0172. The predicted molar refractivity (Wildman–Crippen MR) is 112 cm³/mol. The van der Waals surface area contributed by atoms with Crippen molar-refractivity contribution >= 4 is 17.7 Å². The summed E-state index contributed by atoms with van der Waals surface area (Å²) >= 11 is 0. The number of carbonyl (C=O) groups excluding carboxylic acids is 1. The lowest BCUT2D eigenvalue weighted by atomic mass is 10.1. The first kappa shape index (κ1) is 19.0. The Morgan fingerprint density at radius 3 is 2.55 bits per heavy atom. The van der Waals surface area contributed by atoms with E-state index in [1.807, 2.05) is 42.6 Å². The molecule has 0 N–H and O–H groups in total. The second-order valence-electron chi connectivity index (χ2n) is 6.97. The molecule has 1 fully saturated rings. The van der Waals surface area contributed by atoms with Crippen molar-refractivity contribution in [1.29, 1.82) is 0 Å². The molecular formula is C22H23N5O2. The molecule has 0 atom stereocenters. The van der Waals surface area contributed by atoms with Crippen LogP contribution in [0.25, 0.3) is 23.2 Å². The van der Waals surface area contributed by atoms with Crippen LogP contribution < -0.4 is 4.90 Å². The molecule has 1 aliphatic rings. The van der Waals surface area contributed by atoms with Gasteiger partial charge in [0.25, 0.3) is 5.95 Å². The summed E-state index contributed by atoms with van der Waals surface area (Å²) in [4.78, 5) is 23.2. The van der Waals surface area contributed by atoms with Gasteiger partial charge in [0.1, 0.15) is 5.82 Å². The van der Waals surface area contributed by atoms with Crippen molar-refractivity contribution in [2.45, 2.75) is 13.8 Å². The number of allylic oxidation sites excluding steroid dienone is 1. The molecule has 0 spiro atoms. The van der Waals surface area contributed by atoms with Crippen LogP contribution in [0.5, 0.6) is 0 Å². The Morgan fingerprint density at radius 2 is 1.83 bits per heavy atom. The summed E-state index contributed by atoms with van der Waals surface area (Å²) in [6.45, 7) is 6.20. The minimum atomic E-state index is 0.0172. The van der Waals surface area contributed by atoms with Gasteiger partial charge in [-0.05, 0) is 31.1 Å². The average molecular weight is 389 g/mol. The zero-order chi connectivity index (χ0) is 20.2. The molecule has 0 unspecified atom stereocenters. The second kappa shape index (κ2) is 8.36. The van der Waals surface area contributed by atoms with Crippen LogP contribution in [-0.2, 0) is 9.53 Å². The van der Waals surface area contributed by atoms with Gasteiger partial charge in [-0.3, -0.25) is 4.79 Å². The van der Waals surface area contributed by atoms with E-state index in [4.69, 9.17) is 9.72 Å². The molecule has 1 saturated heterocycles. The molecule has 29 heavy (non-hydrogen) atoms. The van der Waals surface area contributed by atoms with Crippen molar-refractivity contribution in [1.82, 2.24) is 19.7 Å². The number of rotatable bonds is 5. The van der Waals surface area contributed by atoms with Gasteiger partial charge in [-0.1, -0.05) is 30.3 Å². The van der Waals surface area contributed by atoms with E-state index in [1.165, 1.54) is 0 Å². The van der Waals surface area contributed by atoms with Crippen LogP contribution in [0.2, 0.25) is 0 Å². The van der Waals surface area contributed by atoms with Crippen molar-refractivity contribution in [3.63, 3.8) is 0 Å². The predicted octanol–water partition coefficient (Wildman–Crippen LogP) is 3.16. The Balaban J connectivity index is 1.74. The van der Waals surface area contributed by atoms with Gasteiger partial charge < -0.3 is 9.64 Å². The summed E-state index contributed by atoms with van der Waals surface area (Å²) in [5, 5.41) is 4.47. The summed E-state index contributed by atoms with van der Waals surface area (Å²) in [6, 6.07) is 12.0. The normalized spacial score (nSPS) is 14.8. The number of morpholine rings is 1. The maximum Gasteiger partial charge on any atom is 0.253 e. The van der Waals surface area contributed by atoms with Gasteiger partial charge in [0, 0.05) is 30.9 Å². The van der Waals surface area contributed by atoms with E-state index in [2.05, 4.69) is 15.0 Å². The lowest BCUT2D eigenvalue weighted by Gasteiger charge is -2.28. The first-order valence-electron chi connectivity index (χ1n) is 9.61. The molecule has 7 nitrogen and oxygen atoms in total. The topological polar surface area (TPSA) is 73.1 Å². The Labute approximate surface area is 169 Å². The summed E-state index contributed by atoms with van der Waals surface area (Å²) < 4.78 is 7.13. The first-order chi connectivity index (χ1) is 14.1. The number of benzene rings is 1. The smallest absolute Gasteiger partial charge is 0.253 e. The van der Waals surface area contributed by atoms with E-state index in [1.54, 1.807) is 30.8 Å². The molecule has 7 heteroatoms. The van der Waals surface area contributed by atoms with Crippen LogP contribution in [0.3, 0.4) is 0 Å². The molecule has 2 aromatic heterocycles. The fraction of sp³-hybridized carbons (Fsp3) is 0.273. The van der Waals surface area contributed by atoms with E-state index in [0.717, 1.165) is 30.0 Å². The van der Waals surface area contributed by atoms with Crippen molar-refractivity contribution in [2.75, 3.05) is 31.2 Å². The fourth-order valence-electron chi connectivity index (χ4n) is 3.11. The molecule has 0 saturated carbocycles. The molecule has 1 aliphatic heterocycles. The number of nitrogens with zero attached hydrogens (tertiary/aromatic N) is 5. The van der Waals surface area contributed by atoms with Gasteiger partial charge in [0.15, 0.2) is 5.78 Å². The number of ether oxygens (including phenoxy) is 1. The summed E-state index contributed by atoms with van der Waals surface area (Å²) in [6.07, 6.45) is 5.51. The highest BCUT2D eigenvalue weighted by molar-refractivity contribution is 5.96. The zero-order valence-electron chi connectivity index (χ0n) is 16.6. The maximum absolute atomic E-state index is 11.7. The lowest BCUT2D eigenvalue weighted by molar-refractivity contribution is -0.113. The monoisotopic (exact) mass is 389 g/mol. The number of hydrogen-bond acceptors (Lipinski definition) is 6. The number of anilines is 1. The number of aromatic nitrogens is 4. The highest BCUT2D eigenvalue weighted by Gasteiger charge is 2.16. The largest absolute Gasteiger partial charge is 0.378 e. The summed E-state index contributed by atoms with van der Waals surface area (Å²) in [5.74, 6) is 1.29. The van der Waals surface area contributed by atoms with E-state index in [9.17, 15) is 4.79 Å². The molecule has 148 valence electrons. The van der Waals surface area contributed by atoms with E-state index in [0.29, 0.717) is 30.4 Å². The number of ketones is 1. The molecule has 0 aliphatic carbocycles. The molecule has 3 heterocycles. The van der Waals surface area contributed by atoms with Gasteiger partial charge >= 0.3 is 0 Å². The van der Waals surface area contributed by atoms with Crippen molar-refractivity contribution in [3.8, 4) is 17.1 Å². The first-order valence-corrected chi connectivity index (χ1v) is 9.61. The molecule has 4 rings (SSSR count). The van der Waals surface area contributed by atoms with Crippen molar-refractivity contribution in [3.05, 3.63) is 60.1 Å². The van der Waals surface area contributed by atoms with Crippen LogP contribution in [-0.4, -0.2) is 51.8 Å². The second-order valence-corrected chi connectivity index (χ2v) is 6.97. The molecule has 3 aromatic rings. The number of hydrogen-bond donors (Lipinski definition) is 0. The molecule has 0 radical (unpaired) electrons. The molecule has 0 amide bonds. The standard InChI is InChI=1S/C22H23N5O2/c1-16(17(2)28)12-20-13-21(26-8-10-29-11-9-26)25-22(24-20)27-15-19(14-23-27)18-6-4-3-5-7-18/h3-7,12-15H,8-11H2,1-2H3/b16-12+. The van der Waals surface area contributed by atoms with Crippen molar-refractivity contribution < 1.29 is 9.53 Å². The summed E-state index contributed by atoms with van der Waals surface area (Å²) in [7, 11) is 0. The van der Waals surface area contributed by atoms with Gasteiger partial charge in [0.2, 0.25) is 0 Å². The van der Waals surface area contributed by atoms with E-state index < -0.39 is 0 Å². The average Bonchev–Trinajstić information content (AvgIpc) is 3.25. The third-order valence-electron chi connectivity index (χ3n) is 4.87. The Hall–Kier alpha value is -3.32. The highest BCUT2D eigenvalue weighted by Crippen LogP contribution is 2.21. The molecule has 0 bridgehead atoms. The Morgan fingerprint density at radius 1 is 1.07 bits per heavy atom. The maximum atomic E-state index is 11.7. The lowest BCUT2D eigenvalue weighted by Crippen LogP contribution is -2.37. The Bertz CT molecular complexity index is 1040. The number of carbonyl (C=O) groups is 1. The van der Waals surface area contributed by atoms with E-state index >= 15 is 0 Å². The quantitative estimate of drug-likeness (QED) is 0.624. The highest BCUT2D eigenvalue weighted by atomic mass is 16.5. The number of Topliss-reactive ketones (excluding diaryl/α,β-unsaturated/α-hetero) is 1. The van der Waals surface area contributed by atoms with Gasteiger partial charge in [-0.25, -0.2) is 9.67 Å². The minimum Gasteiger partial charge on any atom is -0.378 e. The third-order valence-corrected chi connectivity index (χ3v) is 4.87. The van der Waals surface area contributed by atoms with E-state index in [-0.39, 0.29) is 5.78 Å². The molecule has 1 aromatic carbocycles. The Kier molecular flexibility index (Phi) is 5.48. The molecular weight excluding hydrogens is 366 g/mol. The fourth-order valence-corrected chi connectivity index (χ4v) is 3.11. The zero-order valence-corrected chi connectivity index (χ0v) is 16.6. The van der Waals surface area contributed by atoms with Crippen LogP contribution >= 0.6 is 0 Å². The van der Waals surface area contributed by atoms with Crippen LogP contribution in [0.1, 0.15) is 19.5 Å². The van der Waals surface area contributed by atoms with Crippen molar-refractivity contribution in [2.24, 2.45) is 0 Å². The SMILES string of the molecule is CC(=O)/C(C)=C/c1cc(N2CCOCC2)nc(-n2cc(-c3ccccc3)cn2)n1. The van der Waals surface area contributed by atoms with Gasteiger partial charge in [-0.2, -0.15) is 10.1 Å².